The fourth-order valence-corrected chi connectivity index (χ4v) is 2.11. The first-order valence-electron chi connectivity index (χ1n) is 6.95. The molecule has 0 fully saturated rings. The maximum absolute atomic E-state index is 11.5. The average molecular weight is 300 g/mol. The molecule has 2 aromatic heterocycles. The SMILES string of the molecule is Cc1cc(C)nc(Nc2cc(NCCN)cnc2C(N)=O)c1. The van der Waals surface area contributed by atoms with Crippen molar-refractivity contribution >= 4 is 23.1 Å². The third kappa shape index (κ3) is 3.92. The lowest BCUT2D eigenvalue weighted by Crippen LogP contribution is -2.17. The zero-order valence-corrected chi connectivity index (χ0v) is 12.7. The second-order valence-electron chi connectivity index (χ2n) is 5.00. The van der Waals surface area contributed by atoms with Gasteiger partial charge < -0.3 is 22.1 Å². The maximum Gasteiger partial charge on any atom is 0.269 e. The summed E-state index contributed by atoms with van der Waals surface area (Å²) >= 11 is 0. The smallest absolute Gasteiger partial charge is 0.269 e. The van der Waals surface area contributed by atoms with E-state index in [9.17, 15) is 4.79 Å². The number of hydrogen-bond donors (Lipinski definition) is 4. The zero-order valence-electron chi connectivity index (χ0n) is 12.7. The average Bonchev–Trinajstić information content (AvgIpc) is 2.43. The number of carbonyl (C=O) groups is 1. The molecule has 6 N–H and O–H groups in total. The van der Waals surface area contributed by atoms with Crippen LogP contribution < -0.4 is 22.1 Å². The molecule has 2 heterocycles. The van der Waals surface area contributed by atoms with Crippen LogP contribution in [0.4, 0.5) is 17.2 Å². The fourth-order valence-electron chi connectivity index (χ4n) is 2.11. The van der Waals surface area contributed by atoms with Gasteiger partial charge in [-0.1, -0.05) is 0 Å². The van der Waals surface area contributed by atoms with Gasteiger partial charge in [0.15, 0.2) is 5.69 Å². The number of pyridine rings is 2. The summed E-state index contributed by atoms with van der Waals surface area (Å²) in [5.41, 5.74) is 14.2. The van der Waals surface area contributed by atoms with E-state index in [2.05, 4.69) is 20.6 Å². The normalized spacial score (nSPS) is 10.3. The van der Waals surface area contributed by atoms with E-state index in [0.717, 1.165) is 16.9 Å². The van der Waals surface area contributed by atoms with Crippen molar-refractivity contribution in [2.24, 2.45) is 11.5 Å². The largest absolute Gasteiger partial charge is 0.382 e. The summed E-state index contributed by atoms with van der Waals surface area (Å²) < 4.78 is 0. The zero-order chi connectivity index (χ0) is 16.1. The highest BCUT2D eigenvalue weighted by Crippen LogP contribution is 2.22. The number of amides is 1. The molecule has 0 saturated heterocycles. The highest BCUT2D eigenvalue weighted by atomic mass is 16.1. The summed E-state index contributed by atoms with van der Waals surface area (Å²) in [7, 11) is 0. The lowest BCUT2D eigenvalue weighted by Gasteiger charge is -2.12. The Kier molecular flexibility index (Phi) is 4.90. The molecule has 7 nitrogen and oxygen atoms in total. The van der Waals surface area contributed by atoms with Gasteiger partial charge in [0.25, 0.3) is 5.91 Å². The minimum atomic E-state index is -0.600. The van der Waals surface area contributed by atoms with Crippen molar-refractivity contribution in [2.45, 2.75) is 13.8 Å². The number of aromatic nitrogens is 2. The number of nitrogens with one attached hydrogen (secondary N) is 2. The Morgan fingerprint density at radius 2 is 2.05 bits per heavy atom. The molecule has 2 aromatic rings. The lowest BCUT2D eigenvalue weighted by molar-refractivity contribution is 0.0996. The molecule has 0 radical (unpaired) electrons. The molecule has 0 unspecified atom stereocenters. The van der Waals surface area contributed by atoms with Gasteiger partial charge in [-0.05, 0) is 37.6 Å². The molecule has 0 aliphatic carbocycles. The maximum atomic E-state index is 11.5. The van der Waals surface area contributed by atoms with Gasteiger partial charge in [0, 0.05) is 18.8 Å². The third-order valence-corrected chi connectivity index (χ3v) is 2.96. The molecular weight excluding hydrogens is 280 g/mol. The number of anilines is 3. The Bertz CT molecular complexity index is 665. The molecule has 0 saturated carbocycles. The van der Waals surface area contributed by atoms with Gasteiger partial charge in [-0.2, -0.15) is 0 Å². The summed E-state index contributed by atoms with van der Waals surface area (Å²) in [5.74, 6) is 0.0371. The van der Waals surface area contributed by atoms with Crippen LogP contribution in [-0.2, 0) is 0 Å². The van der Waals surface area contributed by atoms with Gasteiger partial charge in [0.2, 0.25) is 0 Å². The molecule has 0 bridgehead atoms. The molecule has 0 aromatic carbocycles. The molecule has 116 valence electrons. The highest BCUT2D eigenvalue weighted by molar-refractivity contribution is 5.97. The van der Waals surface area contributed by atoms with E-state index in [1.54, 1.807) is 12.3 Å². The predicted molar refractivity (Wildman–Crippen MR) is 87.3 cm³/mol. The molecule has 7 heteroatoms. The van der Waals surface area contributed by atoms with Crippen molar-refractivity contribution in [1.29, 1.82) is 0 Å². The van der Waals surface area contributed by atoms with E-state index >= 15 is 0 Å². The van der Waals surface area contributed by atoms with Gasteiger partial charge in [-0.3, -0.25) is 4.79 Å². The van der Waals surface area contributed by atoms with Gasteiger partial charge in [0.1, 0.15) is 5.82 Å². The molecule has 22 heavy (non-hydrogen) atoms. The predicted octanol–water partition coefficient (Wildman–Crippen LogP) is 1.31. The molecule has 0 spiro atoms. The summed E-state index contributed by atoms with van der Waals surface area (Å²) in [6.45, 7) is 4.99. The fraction of sp³-hybridized carbons (Fsp3) is 0.267. The molecule has 2 rings (SSSR count). The molecule has 1 amide bonds. The van der Waals surface area contributed by atoms with Gasteiger partial charge in [-0.15, -0.1) is 0 Å². The van der Waals surface area contributed by atoms with Crippen LogP contribution in [0.15, 0.2) is 24.4 Å². The number of primary amides is 1. The summed E-state index contributed by atoms with van der Waals surface area (Å²) in [6.07, 6.45) is 1.55. The van der Waals surface area contributed by atoms with E-state index in [1.165, 1.54) is 0 Å². The Hall–Kier alpha value is -2.67. The summed E-state index contributed by atoms with van der Waals surface area (Å²) in [4.78, 5) is 20.0. The second kappa shape index (κ2) is 6.86. The Morgan fingerprint density at radius 1 is 1.27 bits per heavy atom. The van der Waals surface area contributed by atoms with Gasteiger partial charge in [-0.25, -0.2) is 9.97 Å². The number of carbonyl (C=O) groups excluding carboxylic acids is 1. The third-order valence-electron chi connectivity index (χ3n) is 2.96. The van der Waals surface area contributed by atoms with Crippen molar-refractivity contribution in [1.82, 2.24) is 9.97 Å². The second-order valence-corrected chi connectivity index (χ2v) is 5.00. The number of nitrogens with zero attached hydrogens (tertiary/aromatic N) is 2. The number of aryl methyl sites for hydroxylation is 2. The van der Waals surface area contributed by atoms with Crippen molar-refractivity contribution in [2.75, 3.05) is 23.7 Å². The quantitative estimate of drug-likeness (QED) is 0.638. The van der Waals surface area contributed by atoms with Gasteiger partial charge in [0.05, 0.1) is 17.6 Å². The summed E-state index contributed by atoms with van der Waals surface area (Å²) in [6, 6.07) is 5.62. The van der Waals surface area contributed by atoms with Gasteiger partial charge >= 0.3 is 0 Å². The van der Waals surface area contributed by atoms with Crippen molar-refractivity contribution < 1.29 is 4.79 Å². The van der Waals surface area contributed by atoms with Crippen LogP contribution in [0.2, 0.25) is 0 Å². The van der Waals surface area contributed by atoms with Crippen LogP contribution in [-0.4, -0.2) is 29.0 Å². The Morgan fingerprint density at radius 3 is 2.68 bits per heavy atom. The minimum Gasteiger partial charge on any atom is -0.382 e. The van der Waals surface area contributed by atoms with E-state index < -0.39 is 5.91 Å². The molecule has 0 aliphatic heterocycles. The van der Waals surface area contributed by atoms with Crippen molar-refractivity contribution in [3.8, 4) is 0 Å². The monoisotopic (exact) mass is 300 g/mol. The van der Waals surface area contributed by atoms with Crippen molar-refractivity contribution in [3.63, 3.8) is 0 Å². The number of rotatable bonds is 6. The molecule has 0 atom stereocenters. The minimum absolute atomic E-state index is 0.166. The van der Waals surface area contributed by atoms with Crippen LogP contribution in [0.3, 0.4) is 0 Å². The van der Waals surface area contributed by atoms with Crippen LogP contribution in [0.1, 0.15) is 21.7 Å². The van der Waals surface area contributed by atoms with E-state index in [0.29, 0.717) is 24.6 Å². The van der Waals surface area contributed by atoms with Crippen LogP contribution >= 0.6 is 0 Å². The first kappa shape index (κ1) is 15.7. The first-order valence-corrected chi connectivity index (χ1v) is 6.95. The topological polar surface area (TPSA) is 119 Å². The number of nitrogens with two attached hydrogens (primary N) is 2. The Labute approximate surface area is 129 Å². The standard InChI is InChI=1S/C15H20N6O/c1-9-5-10(2)20-13(6-9)21-12-7-11(18-4-3-16)8-19-14(12)15(17)22/h5-8,18H,3-4,16H2,1-2H3,(H2,17,22)(H,20,21). The highest BCUT2D eigenvalue weighted by Gasteiger charge is 2.12. The van der Waals surface area contributed by atoms with E-state index in [-0.39, 0.29) is 5.69 Å². The summed E-state index contributed by atoms with van der Waals surface area (Å²) in [5, 5.41) is 6.22. The Balaban J connectivity index is 2.35. The van der Waals surface area contributed by atoms with Crippen LogP contribution in [0.25, 0.3) is 0 Å². The lowest BCUT2D eigenvalue weighted by atomic mass is 10.2. The van der Waals surface area contributed by atoms with E-state index in [4.69, 9.17) is 11.5 Å². The van der Waals surface area contributed by atoms with E-state index in [1.807, 2.05) is 26.0 Å². The molecule has 0 aliphatic rings. The first-order chi connectivity index (χ1) is 10.5. The number of hydrogen-bond acceptors (Lipinski definition) is 6. The van der Waals surface area contributed by atoms with Crippen molar-refractivity contribution in [3.05, 3.63) is 41.3 Å². The van der Waals surface area contributed by atoms with Crippen LogP contribution in [0.5, 0.6) is 0 Å². The molecular formula is C15H20N6O. The van der Waals surface area contributed by atoms with Crippen LogP contribution in [0, 0.1) is 13.8 Å².